The monoisotopic (exact) mass is 325 g/mol. The zero-order valence-corrected chi connectivity index (χ0v) is 13.2. The Balaban J connectivity index is 1.50. The number of nitro benzene ring substituents is 1. The van der Waals surface area contributed by atoms with Crippen molar-refractivity contribution in [2.24, 2.45) is 0 Å². The second kappa shape index (κ2) is 7.12. The Bertz CT molecular complexity index is 722. The summed E-state index contributed by atoms with van der Waals surface area (Å²) in [5.41, 5.74) is 2.98. The van der Waals surface area contributed by atoms with Crippen molar-refractivity contribution in [2.75, 3.05) is 5.32 Å². The first kappa shape index (κ1) is 16.0. The van der Waals surface area contributed by atoms with Gasteiger partial charge in [0.1, 0.15) is 0 Å². The summed E-state index contributed by atoms with van der Waals surface area (Å²) in [4.78, 5) is 22.0. The van der Waals surface area contributed by atoms with E-state index in [-0.39, 0.29) is 11.6 Å². The molecule has 0 unspecified atom stereocenters. The van der Waals surface area contributed by atoms with E-state index in [9.17, 15) is 14.9 Å². The number of nitro groups is 1. The van der Waals surface area contributed by atoms with E-state index in [0.717, 1.165) is 29.7 Å². The van der Waals surface area contributed by atoms with Crippen LogP contribution in [0, 0.1) is 10.1 Å². The number of non-ortho nitro benzene ring substituents is 1. The summed E-state index contributed by atoms with van der Waals surface area (Å²) >= 11 is 0. The first-order chi connectivity index (χ1) is 11.6. The van der Waals surface area contributed by atoms with E-state index in [1.165, 1.54) is 12.1 Å². The summed E-state index contributed by atoms with van der Waals surface area (Å²) in [6, 6.07) is 14.6. The van der Waals surface area contributed by atoms with Crippen LogP contribution in [0.25, 0.3) is 0 Å². The lowest BCUT2D eigenvalue weighted by molar-refractivity contribution is -0.384. The Kier molecular flexibility index (Phi) is 4.74. The van der Waals surface area contributed by atoms with Crippen LogP contribution in [0.4, 0.5) is 11.4 Å². The molecule has 0 atom stereocenters. The van der Waals surface area contributed by atoms with Gasteiger partial charge in [-0.2, -0.15) is 0 Å². The normalized spacial score (nSPS) is 13.3. The van der Waals surface area contributed by atoms with Gasteiger partial charge in [-0.05, 0) is 36.1 Å². The summed E-state index contributed by atoms with van der Waals surface area (Å²) in [6.07, 6.45) is 2.59. The molecule has 0 saturated heterocycles. The predicted octanol–water partition coefficient (Wildman–Crippen LogP) is 3.03. The van der Waals surface area contributed by atoms with E-state index in [1.54, 1.807) is 12.1 Å². The maximum absolute atomic E-state index is 11.8. The molecule has 0 radical (unpaired) electrons. The maximum atomic E-state index is 11.8. The number of amides is 1. The molecule has 2 aromatic rings. The van der Waals surface area contributed by atoms with Crippen LogP contribution in [0.2, 0.25) is 0 Å². The van der Waals surface area contributed by atoms with E-state index in [0.29, 0.717) is 19.0 Å². The van der Waals surface area contributed by atoms with Crippen LogP contribution in [0.5, 0.6) is 0 Å². The van der Waals surface area contributed by atoms with Crippen molar-refractivity contribution in [3.8, 4) is 0 Å². The Morgan fingerprint density at radius 3 is 2.25 bits per heavy atom. The number of benzene rings is 2. The molecule has 1 saturated carbocycles. The molecule has 1 fully saturated rings. The number of hydrogen-bond acceptors (Lipinski definition) is 4. The molecule has 0 aliphatic heterocycles. The molecule has 1 aliphatic carbocycles. The molecule has 124 valence electrons. The summed E-state index contributed by atoms with van der Waals surface area (Å²) in [5, 5.41) is 16.9. The molecular formula is C18H19N3O3. The summed E-state index contributed by atoms with van der Waals surface area (Å²) < 4.78 is 0. The molecule has 3 rings (SSSR count). The van der Waals surface area contributed by atoms with Gasteiger partial charge < -0.3 is 10.6 Å². The molecule has 0 aromatic heterocycles. The number of hydrogen-bond donors (Lipinski definition) is 2. The fraction of sp³-hybridized carbons (Fsp3) is 0.278. The van der Waals surface area contributed by atoms with Crippen LogP contribution in [-0.2, 0) is 17.8 Å². The second-order valence-corrected chi connectivity index (χ2v) is 5.99. The van der Waals surface area contributed by atoms with Crippen molar-refractivity contribution in [3.63, 3.8) is 0 Å². The number of anilines is 1. The highest BCUT2D eigenvalue weighted by atomic mass is 16.6. The van der Waals surface area contributed by atoms with Crippen molar-refractivity contribution < 1.29 is 9.72 Å². The van der Waals surface area contributed by atoms with E-state index in [4.69, 9.17) is 0 Å². The highest BCUT2D eigenvalue weighted by Crippen LogP contribution is 2.19. The lowest BCUT2D eigenvalue weighted by Gasteiger charge is -2.08. The van der Waals surface area contributed by atoms with E-state index in [1.807, 2.05) is 24.3 Å². The molecule has 0 spiro atoms. The maximum Gasteiger partial charge on any atom is 0.269 e. The number of carbonyl (C=O) groups excluding carboxylic acids is 1. The Labute approximate surface area is 140 Å². The van der Waals surface area contributed by atoms with Gasteiger partial charge in [0.05, 0.1) is 11.3 Å². The highest BCUT2D eigenvalue weighted by molar-refractivity contribution is 5.79. The fourth-order valence-electron chi connectivity index (χ4n) is 2.37. The first-order valence-electron chi connectivity index (χ1n) is 7.95. The average Bonchev–Trinajstić information content (AvgIpc) is 3.38. The minimum atomic E-state index is -0.407. The third kappa shape index (κ3) is 4.55. The van der Waals surface area contributed by atoms with Crippen LogP contribution < -0.4 is 10.6 Å². The van der Waals surface area contributed by atoms with Gasteiger partial charge in [0.2, 0.25) is 5.91 Å². The zero-order valence-electron chi connectivity index (χ0n) is 13.2. The van der Waals surface area contributed by atoms with Crippen LogP contribution in [-0.4, -0.2) is 16.9 Å². The fourth-order valence-corrected chi connectivity index (χ4v) is 2.37. The van der Waals surface area contributed by atoms with Crippen molar-refractivity contribution in [1.29, 1.82) is 0 Å². The van der Waals surface area contributed by atoms with Crippen molar-refractivity contribution in [1.82, 2.24) is 5.32 Å². The van der Waals surface area contributed by atoms with Crippen LogP contribution in [0.3, 0.4) is 0 Å². The van der Waals surface area contributed by atoms with E-state index >= 15 is 0 Å². The van der Waals surface area contributed by atoms with Gasteiger partial charge in [-0.3, -0.25) is 14.9 Å². The standard InChI is InChI=1S/C18H19N3O3/c22-18(20-16-7-8-16)11-13-1-5-15(6-2-13)19-12-14-3-9-17(10-4-14)21(23)24/h1-6,9-10,16,19H,7-8,11-12H2,(H,20,22). The quantitative estimate of drug-likeness (QED) is 0.605. The van der Waals surface area contributed by atoms with Crippen molar-refractivity contribution >= 4 is 17.3 Å². The van der Waals surface area contributed by atoms with Crippen LogP contribution in [0.1, 0.15) is 24.0 Å². The number of nitrogens with one attached hydrogen (secondary N) is 2. The molecule has 2 N–H and O–H groups in total. The van der Waals surface area contributed by atoms with Gasteiger partial charge in [0.25, 0.3) is 5.69 Å². The van der Waals surface area contributed by atoms with Crippen LogP contribution in [0.15, 0.2) is 48.5 Å². The lowest BCUT2D eigenvalue weighted by atomic mass is 10.1. The van der Waals surface area contributed by atoms with E-state index in [2.05, 4.69) is 10.6 Å². The molecule has 2 aromatic carbocycles. The molecule has 0 bridgehead atoms. The van der Waals surface area contributed by atoms with Crippen molar-refractivity contribution in [3.05, 3.63) is 69.8 Å². The molecule has 0 heterocycles. The number of nitrogens with zero attached hydrogens (tertiary/aromatic N) is 1. The Morgan fingerprint density at radius 2 is 1.67 bits per heavy atom. The van der Waals surface area contributed by atoms with Gasteiger partial charge in [-0.1, -0.05) is 24.3 Å². The Hall–Kier alpha value is -2.89. The molecule has 1 aliphatic rings. The summed E-state index contributed by atoms with van der Waals surface area (Å²) in [5.74, 6) is 0.0732. The number of carbonyl (C=O) groups is 1. The van der Waals surface area contributed by atoms with Gasteiger partial charge in [-0.25, -0.2) is 0 Å². The predicted molar refractivity (Wildman–Crippen MR) is 91.7 cm³/mol. The van der Waals surface area contributed by atoms with Crippen molar-refractivity contribution in [2.45, 2.75) is 31.8 Å². The third-order valence-corrected chi connectivity index (χ3v) is 3.90. The minimum Gasteiger partial charge on any atom is -0.381 e. The minimum absolute atomic E-state index is 0.0732. The Morgan fingerprint density at radius 1 is 1.04 bits per heavy atom. The lowest BCUT2D eigenvalue weighted by Crippen LogP contribution is -2.26. The second-order valence-electron chi connectivity index (χ2n) is 5.99. The van der Waals surface area contributed by atoms with Crippen LogP contribution >= 0.6 is 0 Å². The molecule has 24 heavy (non-hydrogen) atoms. The van der Waals surface area contributed by atoms with Gasteiger partial charge >= 0.3 is 0 Å². The molecule has 6 heteroatoms. The topological polar surface area (TPSA) is 84.3 Å². The van der Waals surface area contributed by atoms with E-state index < -0.39 is 4.92 Å². The summed E-state index contributed by atoms with van der Waals surface area (Å²) in [7, 11) is 0. The molecular weight excluding hydrogens is 306 g/mol. The molecule has 6 nitrogen and oxygen atoms in total. The van der Waals surface area contributed by atoms with Gasteiger partial charge in [-0.15, -0.1) is 0 Å². The van der Waals surface area contributed by atoms with Gasteiger partial charge in [0, 0.05) is 30.4 Å². The SMILES string of the molecule is O=C(Cc1ccc(NCc2ccc([N+](=O)[O-])cc2)cc1)NC1CC1. The smallest absolute Gasteiger partial charge is 0.269 e. The zero-order chi connectivity index (χ0) is 16.9. The number of rotatable bonds is 7. The largest absolute Gasteiger partial charge is 0.381 e. The third-order valence-electron chi connectivity index (χ3n) is 3.90. The first-order valence-corrected chi connectivity index (χ1v) is 7.95. The average molecular weight is 325 g/mol. The molecule has 1 amide bonds. The van der Waals surface area contributed by atoms with Gasteiger partial charge in [0.15, 0.2) is 0 Å². The summed E-state index contributed by atoms with van der Waals surface area (Å²) in [6.45, 7) is 0.583. The highest BCUT2D eigenvalue weighted by Gasteiger charge is 2.22.